The zero-order valence-corrected chi connectivity index (χ0v) is 14.5. The third-order valence-corrected chi connectivity index (χ3v) is 2.95. The number of carboxylic acid groups (broad SMARTS) is 1. The molecule has 0 bridgehead atoms. The molecule has 0 aliphatic heterocycles. The number of carbonyl (C=O) groups is 1. The van der Waals surface area contributed by atoms with Crippen molar-refractivity contribution in [2.24, 2.45) is 10.3 Å². The second kappa shape index (κ2) is 12.7. The molecule has 0 fully saturated rings. The van der Waals surface area contributed by atoms with Crippen molar-refractivity contribution in [1.29, 1.82) is 0 Å². The van der Waals surface area contributed by atoms with Crippen molar-refractivity contribution < 1.29 is 9.90 Å². The highest BCUT2D eigenvalue weighted by atomic mass is 16.4. The molecule has 0 heterocycles. The Morgan fingerprint density at radius 1 is 1.29 bits per heavy atom. The number of hydrogen-bond donors (Lipinski definition) is 1. The van der Waals surface area contributed by atoms with Crippen LogP contribution in [0.5, 0.6) is 0 Å². The lowest BCUT2D eigenvalue weighted by atomic mass is 10.2. The Morgan fingerprint density at radius 2 is 2.00 bits per heavy atom. The standard InChI is InChI=1S/C17H23N3O2.C2H2/c1-4-6-9-14(8-5-2)13-18-19-20(3)16-11-7-10-15(12-16)17(21)22;1-2/h6-12H,4-5,13H2,1-3H3,(H,21,22);1-2H/b9-6-,14-8+,19-18?;. The zero-order chi connectivity index (χ0) is 18.4. The quantitative estimate of drug-likeness (QED) is 0.324. The number of aromatic carboxylic acids is 1. The molecule has 0 aliphatic carbocycles. The van der Waals surface area contributed by atoms with Crippen LogP contribution in [-0.4, -0.2) is 24.7 Å². The van der Waals surface area contributed by atoms with Gasteiger partial charge in [-0.15, -0.1) is 12.8 Å². The number of carboxylic acids is 1. The highest BCUT2D eigenvalue weighted by Gasteiger charge is 2.05. The monoisotopic (exact) mass is 327 g/mol. The Balaban J connectivity index is 0.00000254. The van der Waals surface area contributed by atoms with Gasteiger partial charge in [0.05, 0.1) is 17.8 Å². The Labute approximate surface area is 144 Å². The number of hydrogen-bond acceptors (Lipinski definition) is 3. The molecule has 5 nitrogen and oxygen atoms in total. The van der Waals surface area contributed by atoms with Gasteiger partial charge in [0.15, 0.2) is 0 Å². The summed E-state index contributed by atoms with van der Waals surface area (Å²) in [6.45, 7) is 4.68. The largest absolute Gasteiger partial charge is 0.478 e. The van der Waals surface area contributed by atoms with Gasteiger partial charge in [-0.2, -0.15) is 5.11 Å². The first-order valence-electron chi connectivity index (χ1n) is 7.71. The van der Waals surface area contributed by atoms with Crippen LogP contribution in [0.15, 0.2) is 58.4 Å². The molecule has 0 saturated carbocycles. The first-order chi connectivity index (χ1) is 11.6. The molecule has 1 N–H and O–H groups in total. The van der Waals surface area contributed by atoms with E-state index in [0.717, 1.165) is 18.4 Å². The van der Waals surface area contributed by atoms with Gasteiger partial charge in [0.2, 0.25) is 0 Å². The predicted octanol–water partition coefficient (Wildman–Crippen LogP) is 4.74. The van der Waals surface area contributed by atoms with Crippen molar-refractivity contribution >= 4 is 11.7 Å². The van der Waals surface area contributed by atoms with E-state index in [1.165, 1.54) is 0 Å². The lowest BCUT2D eigenvalue weighted by molar-refractivity contribution is 0.0697. The van der Waals surface area contributed by atoms with E-state index < -0.39 is 5.97 Å². The minimum Gasteiger partial charge on any atom is -0.478 e. The molecule has 0 aliphatic rings. The summed E-state index contributed by atoms with van der Waals surface area (Å²) in [6.07, 6.45) is 16.2. The summed E-state index contributed by atoms with van der Waals surface area (Å²) in [7, 11) is 1.75. The average Bonchev–Trinajstić information content (AvgIpc) is 2.61. The number of benzene rings is 1. The third kappa shape index (κ3) is 7.95. The van der Waals surface area contributed by atoms with Gasteiger partial charge in [0.1, 0.15) is 0 Å². The van der Waals surface area contributed by atoms with Crippen LogP contribution >= 0.6 is 0 Å². The lowest BCUT2D eigenvalue weighted by Crippen LogP contribution is -2.09. The Hall–Kier alpha value is -2.87. The van der Waals surface area contributed by atoms with E-state index in [0.29, 0.717) is 12.2 Å². The smallest absolute Gasteiger partial charge is 0.335 e. The summed E-state index contributed by atoms with van der Waals surface area (Å²) in [5, 5.41) is 18.9. The predicted molar refractivity (Wildman–Crippen MR) is 99.2 cm³/mol. The Kier molecular flexibility index (Phi) is 11.1. The normalized spacial score (nSPS) is 11.3. The van der Waals surface area contributed by atoms with E-state index in [-0.39, 0.29) is 5.56 Å². The molecule has 0 spiro atoms. The number of nitrogens with zero attached hydrogens (tertiary/aromatic N) is 3. The molecular weight excluding hydrogens is 302 g/mol. The van der Waals surface area contributed by atoms with Gasteiger partial charge in [-0.05, 0) is 36.6 Å². The minimum atomic E-state index is -0.954. The van der Waals surface area contributed by atoms with Crippen LogP contribution in [0.1, 0.15) is 37.0 Å². The molecule has 5 heteroatoms. The molecule has 0 radical (unpaired) electrons. The molecule has 0 atom stereocenters. The lowest BCUT2D eigenvalue weighted by Gasteiger charge is -2.11. The first-order valence-corrected chi connectivity index (χ1v) is 7.71. The van der Waals surface area contributed by atoms with Crippen molar-refractivity contribution in [3.63, 3.8) is 0 Å². The zero-order valence-electron chi connectivity index (χ0n) is 14.5. The fourth-order valence-electron chi connectivity index (χ4n) is 1.82. The van der Waals surface area contributed by atoms with Gasteiger partial charge in [-0.3, -0.25) is 5.01 Å². The van der Waals surface area contributed by atoms with Crippen molar-refractivity contribution in [2.75, 3.05) is 18.6 Å². The average molecular weight is 327 g/mol. The van der Waals surface area contributed by atoms with E-state index in [4.69, 9.17) is 5.11 Å². The topological polar surface area (TPSA) is 65.3 Å². The molecule has 0 unspecified atom stereocenters. The number of anilines is 1. The molecule has 24 heavy (non-hydrogen) atoms. The number of allylic oxidation sites excluding steroid dienone is 2. The van der Waals surface area contributed by atoms with E-state index in [1.54, 1.807) is 36.3 Å². The maximum Gasteiger partial charge on any atom is 0.335 e. The van der Waals surface area contributed by atoms with Crippen molar-refractivity contribution in [3.05, 3.63) is 53.6 Å². The number of terminal acetylenes is 1. The third-order valence-electron chi connectivity index (χ3n) is 2.95. The summed E-state index contributed by atoms with van der Waals surface area (Å²) in [5.41, 5.74) is 2.05. The highest BCUT2D eigenvalue weighted by molar-refractivity contribution is 5.88. The van der Waals surface area contributed by atoms with Crippen LogP contribution in [-0.2, 0) is 0 Å². The van der Waals surface area contributed by atoms with E-state index >= 15 is 0 Å². The summed E-state index contributed by atoms with van der Waals surface area (Å²) < 4.78 is 0. The maximum atomic E-state index is 11.0. The molecule has 0 aromatic heterocycles. The van der Waals surface area contributed by atoms with Gasteiger partial charge in [-0.25, -0.2) is 4.79 Å². The van der Waals surface area contributed by atoms with E-state index in [1.807, 2.05) is 0 Å². The Bertz CT molecular complexity index is 616. The summed E-state index contributed by atoms with van der Waals surface area (Å²) >= 11 is 0. The van der Waals surface area contributed by atoms with Gasteiger partial charge >= 0.3 is 5.97 Å². The van der Waals surface area contributed by atoms with Crippen LogP contribution < -0.4 is 5.01 Å². The minimum absolute atomic E-state index is 0.233. The Morgan fingerprint density at radius 3 is 2.58 bits per heavy atom. The highest BCUT2D eigenvalue weighted by Crippen LogP contribution is 2.15. The fourth-order valence-corrected chi connectivity index (χ4v) is 1.82. The SMILES string of the molecule is C#C.CC/C=C\C(=C/CC)CN=NN(C)c1cccc(C(=O)O)c1. The molecule has 1 rings (SSSR count). The molecular formula is C19H25N3O2. The van der Waals surface area contributed by atoms with Crippen molar-refractivity contribution in [2.45, 2.75) is 26.7 Å². The van der Waals surface area contributed by atoms with E-state index in [2.05, 4.69) is 55.3 Å². The second-order valence-corrected chi connectivity index (χ2v) is 4.77. The molecule has 1 aromatic rings. The summed E-state index contributed by atoms with van der Waals surface area (Å²) in [4.78, 5) is 11.0. The van der Waals surface area contributed by atoms with Gasteiger partial charge in [0.25, 0.3) is 0 Å². The molecule has 1 aromatic carbocycles. The van der Waals surface area contributed by atoms with E-state index in [9.17, 15) is 4.79 Å². The van der Waals surface area contributed by atoms with Gasteiger partial charge in [-0.1, -0.05) is 43.4 Å². The summed E-state index contributed by atoms with van der Waals surface area (Å²) in [6, 6.07) is 6.61. The van der Waals surface area contributed by atoms with Crippen molar-refractivity contribution in [1.82, 2.24) is 0 Å². The molecule has 0 amide bonds. The summed E-state index contributed by atoms with van der Waals surface area (Å²) in [5.74, 6) is -0.954. The van der Waals surface area contributed by atoms with Gasteiger partial charge in [0, 0.05) is 7.05 Å². The first kappa shape index (κ1) is 21.1. The van der Waals surface area contributed by atoms with Crippen LogP contribution in [0, 0.1) is 12.8 Å². The van der Waals surface area contributed by atoms with Crippen molar-refractivity contribution in [3.8, 4) is 12.8 Å². The fraction of sp³-hybridized carbons (Fsp3) is 0.316. The van der Waals surface area contributed by atoms with Crippen LogP contribution in [0.2, 0.25) is 0 Å². The molecule has 128 valence electrons. The van der Waals surface area contributed by atoms with Crippen LogP contribution in [0.4, 0.5) is 5.69 Å². The second-order valence-electron chi connectivity index (χ2n) is 4.77. The van der Waals surface area contributed by atoms with Crippen LogP contribution in [0.25, 0.3) is 0 Å². The van der Waals surface area contributed by atoms with Gasteiger partial charge < -0.3 is 5.11 Å². The maximum absolute atomic E-state index is 11.0. The number of rotatable bonds is 8. The molecule has 0 saturated heterocycles. The van der Waals surface area contributed by atoms with Crippen LogP contribution in [0.3, 0.4) is 0 Å².